The van der Waals surface area contributed by atoms with E-state index in [9.17, 15) is 0 Å². The van der Waals surface area contributed by atoms with Gasteiger partial charge in [0.15, 0.2) is 0 Å². The van der Waals surface area contributed by atoms with Gasteiger partial charge in [0.2, 0.25) is 5.89 Å². The minimum absolute atomic E-state index is 0.0800. The molecule has 0 saturated carbocycles. The fourth-order valence-corrected chi connectivity index (χ4v) is 1.87. The first-order valence-corrected chi connectivity index (χ1v) is 6.52. The minimum atomic E-state index is 0.0800. The quantitative estimate of drug-likeness (QED) is 0.864. The van der Waals surface area contributed by atoms with Gasteiger partial charge in [0.05, 0.1) is 6.04 Å². The average molecular weight is 260 g/mol. The van der Waals surface area contributed by atoms with E-state index in [1.54, 1.807) is 0 Å². The topological polar surface area (TPSA) is 54.2 Å². The van der Waals surface area contributed by atoms with Crippen LogP contribution in [-0.2, 0) is 6.54 Å². The molecule has 1 N–H and O–H groups in total. The highest BCUT2D eigenvalue weighted by molar-refractivity contribution is 5.27. The summed E-state index contributed by atoms with van der Waals surface area (Å²) in [5, 5.41) is 11.4. The Morgan fingerprint density at radius 2 is 2.00 bits per heavy atom. The van der Waals surface area contributed by atoms with E-state index >= 15 is 0 Å². The molecule has 1 heterocycles. The van der Waals surface area contributed by atoms with Crippen LogP contribution in [0.3, 0.4) is 0 Å². The van der Waals surface area contributed by atoms with Gasteiger partial charge in [-0.05, 0) is 19.0 Å². The van der Waals surface area contributed by atoms with E-state index in [-0.39, 0.29) is 6.04 Å². The van der Waals surface area contributed by atoms with E-state index in [1.807, 2.05) is 37.1 Å². The minimum Gasteiger partial charge on any atom is -0.406 e. The fourth-order valence-electron chi connectivity index (χ4n) is 1.87. The largest absolute Gasteiger partial charge is 0.406 e. The van der Waals surface area contributed by atoms with Gasteiger partial charge >= 0.3 is 6.01 Å². The summed E-state index contributed by atoms with van der Waals surface area (Å²) >= 11 is 0. The van der Waals surface area contributed by atoms with E-state index in [0.717, 1.165) is 13.1 Å². The van der Waals surface area contributed by atoms with E-state index in [0.29, 0.717) is 11.9 Å². The molecule has 0 saturated heterocycles. The number of hydrogen-bond acceptors (Lipinski definition) is 5. The smallest absolute Gasteiger partial charge is 0.318 e. The summed E-state index contributed by atoms with van der Waals surface area (Å²) < 4.78 is 5.67. The van der Waals surface area contributed by atoms with Gasteiger partial charge in [-0.2, -0.15) is 0 Å². The van der Waals surface area contributed by atoms with Crippen molar-refractivity contribution in [3.8, 4) is 0 Å². The highest BCUT2D eigenvalue weighted by Gasteiger charge is 2.15. The molecule has 19 heavy (non-hydrogen) atoms. The third-order valence-corrected chi connectivity index (χ3v) is 2.90. The van der Waals surface area contributed by atoms with Crippen molar-refractivity contribution in [3.05, 3.63) is 41.8 Å². The van der Waals surface area contributed by atoms with Crippen LogP contribution in [0.15, 0.2) is 34.7 Å². The lowest BCUT2D eigenvalue weighted by molar-refractivity contribution is 0.421. The number of hydrogen-bond donors (Lipinski definition) is 1. The van der Waals surface area contributed by atoms with Gasteiger partial charge < -0.3 is 14.6 Å². The van der Waals surface area contributed by atoms with E-state index in [1.165, 1.54) is 5.56 Å². The van der Waals surface area contributed by atoms with E-state index < -0.39 is 0 Å². The molecular weight excluding hydrogens is 240 g/mol. The van der Waals surface area contributed by atoms with Crippen molar-refractivity contribution >= 4 is 6.01 Å². The highest BCUT2D eigenvalue weighted by Crippen LogP contribution is 2.17. The Hall–Kier alpha value is -1.88. The first kappa shape index (κ1) is 13.5. The number of nitrogens with one attached hydrogen (secondary N) is 1. The van der Waals surface area contributed by atoms with Crippen molar-refractivity contribution in [2.75, 3.05) is 18.5 Å². The lowest BCUT2D eigenvalue weighted by atomic mass is 10.2. The average Bonchev–Trinajstić information content (AvgIpc) is 2.90. The van der Waals surface area contributed by atoms with Crippen LogP contribution >= 0.6 is 0 Å². The summed E-state index contributed by atoms with van der Waals surface area (Å²) in [7, 11) is 1.95. The molecule has 0 aliphatic rings. The summed E-state index contributed by atoms with van der Waals surface area (Å²) in [6.45, 7) is 5.68. The first-order chi connectivity index (χ1) is 9.20. The van der Waals surface area contributed by atoms with Gasteiger partial charge in [-0.15, -0.1) is 5.10 Å². The summed E-state index contributed by atoms with van der Waals surface area (Å²) in [5.41, 5.74) is 1.21. The van der Waals surface area contributed by atoms with Crippen molar-refractivity contribution in [1.82, 2.24) is 15.5 Å². The molecule has 1 aromatic heterocycles. The third-order valence-electron chi connectivity index (χ3n) is 2.90. The molecule has 0 spiro atoms. The molecule has 0 radical (unpaired) electrons. The third kappa shape index (κ3) is 3.54. The predicted molar refractivity (Wildman–Crippen MR) is 74.9 cm³/mol. The molecule has 1 aromatic carbocycles. The Bertz CT molecular complexity index is 497. The normalized spacial score (nSPS) is 12.4. The molecule has 5 heteroatoms. The predicted octanol–water partition coefficient (Wildman–Crippen LogP) is 2.38. The Kier molecular flexibility index (Phi) is 4.52. The summed E-state index contributed by atoms with van der Waals surface area (Å²) in [6.07, 6.45) is 0. The molecule has 2 aromatic rings. The van der Waals surface area contributed by atoms with Crippen LogP contribution in [0.25, 0.3) is 0 Å². The van der Waals surface area contributed by atoms with Gasteiger partial charge in [-0.1, -0.05) is 42.4 Å². The van der Waals surface area contributed by atoms with Crippen LogP contribution in [0.4, 0.5) is 6.01 Å². The Labute approximate surface area is 113 Å². The molecule has 0 amide bonds. The molecule has 0 aliphatic carbocycles. The van der Waals surface area contributed by atoms with Crippen LogP contribution < -0.4 is 10.2 Å². The van der Waals surface area contributed by atoms with Gasteiger partial charge in [-0.25, -0.2) is 0 Å². The number of anilines is 1. The Balaban J connectivity index is 2.02. The maximum absolute atomic E-state index is 5.67. The fraction of sp³-hybridized carbons (Fsp3) is 0.429. The first-order valence-electron chi connectivity index (χ1n) is 6.52. The lowest BCUT2D eigenvalue weighted by Gasteiger charge is -2.13. The number of benzene rings is 1. The molecular formula is C14H20N4O. The standard InChI is InChI=1S/C14H20N4O/c1-4-15-11(2)13-16-17-14(19-13)18(3)10-12-8-6-5-7-9-12/h5-9,11,15H,4,10H2,1-3H3. The maximum atomic E-state index is 5.67. The molecule has 1 unspecified atom stereocenters. The van der Waals surface area contributed by atoms with Crippen molar-refractivity contribution < 1.29 is 4.42 Å². The zero-order valence-electron chi connectivity index (χ0n) is 11.6. The number of aromatic nitrogens is 2. The molecule has 0 fully saturated rings. The molecule has 102 valence electrons. The zero-order valence-corrected chi connectivity index (χ0v) is 11.6. The SMILES string of the molecule is CCNC(C)c1nnc(N(C)Cc2ccccc2)o1. The van der Waals surface area contributed by atoms with Gasteiger partial charge in [0.1, 0.15) is 0 Å². The van der Waals surface area contributed by atoms with Gasteiger partial charge in [0.25, 0.3) is 0 Å². The van der Waals surface area contributed by atoms with Crippen molar-refractivity contribution in [2.45, 2.75) is 26.4 Å². The lowest BCUT2D eigenvalue weighted by Crippen LogP contribution is -2.18. The van der Waals surface area contributed by atoms with Crippen LogP contribution in [-0.4, -0.2) is 23.8 Å². The van der Waals surface area contributed by atoms with Gasteiger partial charge in [0, 0.05) is 13.6 Å². The highest BCUT2D eigenvalue weighted by atomic mass is 16.4. The van der Waals surface area contributed by atoms with Crippen LogP contribution in [0.2, 0.25) is 0 Å². The van der Waals surface area contributed by atoms with Crippen molar-refractivity contribution in [3.63, 3.8) is 0 Å². The van der Waals surface area contributed by atoms with Crippen LogP contribution in [0, 0.1) is 0 Å². The Morgan fingerprint density at radius 1 is 1.26 bits per heavy atom. The number of rotatable bonds is 6. The van der Waals surface area contributed by atoms with Gasteiger partial charge in [-0.3, -0.25) is 0 Å². The maximum Gasteiger partial charge on any atom is 0.318 e. The monoisotopic (exact) mass is 260 g/mol. The zero-order chi connectivity index (χ0) is 13.7. The van der Waals surface area contributed by atoms with Crippen LogP contribution in [0.1, 0.15) is 31.3 Å². The molecule has 2 rings (SSSR count). The second kappa shape index (κ2) is 6.33. The summed E-state index contributed by atoms with van der Waals surface area (Å²) in [4.78, 5) is 1.95. The van der Waals surface area contributed by atoms with E-state index in [4.69, 9.17) is 4.42 Å². The summed E-state index contributed by atoms with van der Waals surface area (Å²) in [6, 6.07) is 10.8. The molecule has 5 nitrogen and oxygen atoms in total. The molecule has 1 atom stereocenters. The second-order valence-electron chi connectivity index (χ2n) is 4.54. The van der Waals surface area contributed by atoms with E-state index in [2.05, 4.69) is 34.6 Å². The molecule has 0 bridgehead atoms. The van der Waals surface area contributed by atoms with Crippen molar-refractivity contribution in [1.29, 1.82) is 0 Å². The van der Waals surface area contributed by atoms with Crippen molar-refractivity contribution in [2.24, 2.45) is 0 Å². The van der Waals surface area contributed by atoms with Crippen LogP contribution in [0.5, 0.6) is 0 Å². The summed E-state index contributed by atoms with van der Waals surface area (Å²) in [5.74, 6) is 0.622. The second-order valence-corrected chi connectivity index (χ2v) is 4.54. The molecule has 0 aliphatic heterocycles. The number of nitrogens with zero attached hydrogens (tertiary/aromatic N) is 3. The Morgan fingerprint density at radius 3 is 2.68 bits per heavy atom.